The number of hydrogen-bond acceptors (Lipinski definition) is 3. The zero-order valence-electron chi connectivity index (χ0n) is 8.31. The van der Waals surface area contributed by atoms with Crippen LogP contribution < -0.4 is 0 Å². The summed E-state index contributed by atoms with van der Waals surface area (Å²) in [5.41, 5.74) is 1.25. The second-order valence-corrected chi connectivity index (χ2v) is 3.45. The molecule has 0 saturated heterocycles. The molecule has 2 aromatic heterocycles. The molecule has 4 nitrogen and oxygen atoms in total. The molecule has 0 aliphatic heterocycles. The van der Waals surface area contributed by atoms with Crippen molar-refractivity contribution in [3.63, 3.8) is 0 Å². The first kappa shape index (κ1) is 8.91. The van der Waals surface area contributed by atoms with Gasteiger partial charge in [-0.3, -0.25) is 4.79 Å². The first-order valence-electron chi connectivity index (χ1n) is 4.86. The van der Waals surface area contributed by atoms with Crippen LogP contribution in [-0.4, -0.2) is 16.3 Å². The molecule has 0 amide bonds. The van der Waals surface area contributed by atoms with E-state index in [4.69, 9.17) is 4.42 Å². The number of carbonyl (C=O) groups excluding carboxylic acids is 1. The quantitative estimate of drug-likeness (QED) is 0.664. The average molecular weight is 212 g/mol. The van der Waals surface area contributed by atoms with E-state index in [1.165, 1.54) is 6.20 Å². The fourth-order valence-corrected chi connectivity index (χ4v) is 1.62. The molecular formula is C12H8N2O2. The Morgan fingerprint density at radius 3 is 2.94 bits per heavy atom. The smallest absolute Gasteiger partial charge is 0.174 e. The van der Waals surface area contributed by atoms with Crippen molar-refractivity contribution in [3.8, 4) is 11.6 Å². The fraction of sp³-hybridized carbons (Fsp3) is 0. The standard InChI is InChI=1S/C12H8N2O2/c15-7-9-6-13-12(14-9)11-5-8-3-1-2-4-10(8)16-11/h1-7H,(H,13,14). The lowest BCUT2D eigenvalue weighted by Gasteiger charge is -1.87. The predicted molar refractivity (Wildman–Crippen MR) is 59.2 cm³/mol. The topological polar surface area (TPSA) is 58.9 Å². The van der Waals surface area contributed by atoms with Gasteiger partial charge in [-0.25, -0.2) is 4.98 Å². The Kier molecular flexibility index (Phi) is 1.86. The van der Waals surface area contributed by atoms with Gasteiger partial charge < -0.3 is 9.40 Å². The van der Waals surface area contributed by atoms with Gasteiger partial charge in [-0.2, -0.15) is 0 Å². The zero-order valence-corrected chi connectivity index (χ0v) is 8.31. The number of nitrogens with zero attached hydrogens (tertiary/aromatic N) is 1. The molecular weight excluding hydrogens is 204 g/mol. The molecule has 0 saturated carbocycles. The number of aromatic nitrogens is 2. The molecule has 1 N–H and O–H groups in total. The summed E-state index contributed by atoms with van der Waals surface area (Å²) < 4.78 is 5.60. The van der Waals surface area contributed by atoms with Crippen LogP contribution in [-0.2, 0) is 0 Å². The van der Waals surface area contributed by atoms with Crippen LogP contribution in [0.3, 0.4) is 0 Å². The van der Waals surface area contributed by atoms with Gasteiger partial charge in [0, 0.05) is 5.39 Å². The molecule has 4 heteroatoms. The summed E-state index contributed by atoms with van der Waals surface area (Å²) in [4.78, 5) is 17.5. The third-order valence-electron chi connectivity index (χ3n) is 2.38. The van der Waals surface area contributed by atoms with E-state index in [9.17, 15) is 4.79 Å². The van der Waals surface area contributed by atoms with Crippen molar-refractivity contribution in [3.05, 3.63) is 42.2 Å². The zero-order chi connectivity index (χ0) is 11.0. The first-order valence-corrected chi connectivity index (χ1v) is 4.86. The first-order chi connectivity index (χ1) is 7.86. The maximum atomic E-state index is 10.5. The van der Waals surface area contributed by atoms with Crippen molar-refractivity contribution in [1.82, 2.24) is 9.97 Å². The maximum Gasteiger partial charge on any atom is 0.174 e. The van der Waals surface area contributed by atoms with Gasteiger partial charge in [-0.05, 0) is 12.1 Å². The summed E-state index contributed by atoms with van der Waals surface area (Å²) in [6.45, 7) is 0. The van der Waals surface area contributed by atoms with E-state index in [0.29, 0.717) is 17.3 Å². The van der Waals surface area contributed by atoms with E-state index in [-0.39, 0.29) is 0 Å². The minimum absolute atomic E-state index is 0.440. The average Bonchev–Trinajstić information content (AvgIpc) is 2.95. The summed E-state index contributed by atoms with van der Waals surface area (Å²) >= 11 is 0. The number of rotatable bonds is 2. The van der Waals surface area contributed by atoms with Crippen molar-refractivity contribution in [2.24, 2.45) is 0 Å². The number of benzene rings is 1. The van der Waals surface area contributed by atoms with E-state index < -0.39 is 0 Å². The predicted octanol–water partition coefficient (Wildman–Crippen LogP) is 2.64. The highest BCUT2D eigenvalue weighted by Gasteiger charge is 2.08. The molecule has 0 spiro atoms. The van der Waals surface area contributed by atoms with Crippen LogP contribution in [0.4, 0.5) is 0 Å². The maximum absolute atomic E-state index is 10.5. The van der Waals surface area contributed by atoms with Crippen molar-refractivity contribution in [2.45, 2.75) is 0 Å². The molecule has 0 bridgehead atoms. The van der Waals surface area contributed by atoms with Gasteiger partial charge in [0.2, 0.25) is 0 Å². The van der Waals surface area contributed by atoms with Gasteiger partial charge in [0.25, 0.3) is 0 Å². The number of furan rings is 1. The molecule has 0 atom stereocenters. The Hall–Kier alpha value is -2.36. The van der Waals surface area contributed by atoms with Crippen LogP contribution in [0.15, 0.2) is 40.9 Å². The largest absolute Gasteiger partial charge is 0.453 e. The highest BCUT2D eigenvalue weighted by atomic mass is 16.3. The van der Waals surface area contributed by atoms with Crippen molar-refractivity contribution >= 4 is 17.3 Å². The Morgan fingerprint density at radius 2 is 2.19 bits per heavy atom. The summed E-state index contributed by atoms with van der Waals surface area (Å²) in [6.07, 6.45) is 2.20. The normalized spacial score (nSPS) is 10.8. The summed E-state index contributed by atoms with van der Waals surface area (Å²) in [7, 11) is 0. The SMILES string of the molecule is O=Cc1cnc(-c2cc3ccccc3o2)[nH]1. The number of imidazole rings is 1. The lowest BCUT2D eigenvalue weighted by Crippen LogP contribution is -1.78. The van der Waals surface area contributed by atoms with E-state index in [2.05, 4.69) is 9.97 Å². The van der Waals surface area contributed by atoms with E-state index in [1.54, 1.807) is 0 Å². The van der Waals surface area contributed by atoms with Gasteiger partial charge in [0.05, 0.1) is 11.9 Å². The molecule has 3 aromatic rings. The number of hydrogen-bond donors (Lipinski definition) is 1. The lowest BCUT2D eigenvalue weighted by molar-refractivity contribution is 0.111. The molecule has 0 aliphatic carbocycles. The summed E-state index contributed by atoms with van der Waals surface area (Å²) in [5.74, 6) is 1.20. The monoisotopic (exact) mass is 212 g/mol. The van der Waals surface area contributed by atoms with E-state index in [1.807, 2.05) is 30.3 Å². The minimum atomic E-state index is 0.440. The third-order valence-corrected chi connectivity index (χ3v) is 2.38. The number of para-hydroxylation sites is 1. The van der Waals surface area contributed by atoms with Crippen LogP contribution in [0.2, 0.25) is 0 Å². The Morgan fingerprint density at radius 1 is 1.31 bits per heavy atom. The van der Waals surface area contributed by atoms with Crippen LogP contribution >= 0.6 is 0 Å². The number of H-pyrrole nitrogens is 1. The molecule has 0 aliphatic rings. The van der Waals surface area contributed by atoms with Crippen molar-refractivity contribution < 1.29 is 9.21 Å². The molecule has 0 unspecified atom stereocenters. The summed E-state index contributed by atoms with van der Waals surface area (Å²) in [6, 6.07) is 9.60. The van der Waals surface area contributed by atoms with Crippen LogP contribution in [0.1, 0.15) is 10.5 Å². The number of fused-ring (bicyclic) bond motifs is 1. The Balaban J connectivity index is 2.14. The molecule has 78 valence electrons. The van der Waals surface area contributed by atoms with Gasteiger partial charge in [-0.15, -0.1) is 0 Å². The van der Waals surface area contributed by atoms with E-state index >= 15 is 0 Å². The summed E-state index contributed by atoms with van der Waals surface area (Å²) in [5, 5.41) is 1.02. The molecule has 0 radical (unpaired) electrons. The highest BCUT2D eigenvalue weighted by Crippen LogP contribution is 2.25. The van der Waals surface area contributed by atoms with Crippen LogP contribution in [0, 0.1) is 0 Å². The number of aromatic amines is 1. The molecule has 0 fully saturated rings. The number of nitrogens with one attached hydrogen (secondary N) is 1. The minimum Gasteiger partial charge on any atom is -0.453 e. The molecule has 3 rings (SSSR count). The van der Waals surface area contributed by atoms with Crippen molar-refractivity contribution in [1.29, 1.82) is 0 Å². The van der Waals surface area contributed by atoms with Gasteiger partial charge in [0.15, 0.2) is 17.9 Å². The fourth-order valence-electron chi connectivity index (χ4n) is 1.62. The number of aldehydes is 1. The Labute approximate surface area is 90.9 Å². The lowest BCUT2D eigenvalue weighted by atomic mass is 10.2. The number of carbonyl (C=O) groups is 1. The van der Waals surface area contributed by atoms with E-state index in [0.717, 1.165) is 17.3 Å². The highest BCUT2D eigenvalue weighted by molar-refractivity contribution is 5.82. The van der Waals surface area contributed by atoms with Crippen LogP contribution in [0.25, 0.3) is 22.6 Å². The molecule has 16 heavy (non-hydrogen) atoms. The van der Waals surface area contributed by atoms with Crippen molar-refractivity contribution in [2.75, 3.05) is 0 Å². The third kappa shape index (κ3) is 1.32. The Bertz CT molecular complexity index is 619. The van der Waals surface area contributed by atoms with Gasteiger partial charge in [0.1, 0.15) is 5.58 Å². The van der Waals surface area contributed by atoms with Gasteiger partial charge in [-0.1, -0.05) is 18.2 Å². The van der Waals surface area contributed by atoms with Gasteiger partial charge >= 0.3 is 0 Å². The molecule has 1 aromatic carbocycles. The molecule has 2 heterocycles. The van der Waals surface area contributed by atoms with Crippen LogP contribution in [0.5, 0.6) is 0 Å². The second kappa shape index (κ2) is 3.34. The second-order valence-electron chi connectivity index (χ2n) is 3.45.